The van der Waals surface area contributed by atoms with Crippen molar-refractivity contribution in [3.8, 4) is 0 Å². The Morgan fingerprint density at radius 3 is 2.29 bits per heavy atom. The minimum Gasteiger partial charge on any atom is -0.372 e. The maximum Gasteiger partial charge on any atom is 0.275 e. The Labute approximate surface area is 165 Å². The monoisotopic (exact) mass is 375 g/mol. The molecule has 0 saturated heterocycles. The zero-order chi connectivity index (χ0) is 19.9. The molecular weight excluding hydrogens is 350 g/mol. The predicted octanol–water partition coefficient (Wildman–Crippen LogP) is 4.63. The van der Waals surface area contributed by atoms with Crippen LogP contribution in [-0.2, 0) is 0 Å². The number of aromatic nitrogens is 2. The van der Waals surface area contributed by atoms with Crippen LogP contribution in [0.15, 0.2) is 60.9 Å². The van der Waals surface area contributed by atoms with Crippen LogP contribution >= 0.6 is 0 Å². The van der Waals surface area contributed by atoms with Crippen LogP contribution in [0.5, 0.6) is 0 Å². The van der Waals surface area contributed by atoms with E-state index >= 15 is 0 Å². The lowest BCUT2D eigenvalue weighted by Gasteiger charge is -2.21. The highest BCUT2D eigenvalue weighted by atomic mass is 16.1. The maximum absolute atomic E-state index is 12.4. The van der Waals surface area contributed by atoms with Crippen LogP contribution in [0.3, 0.4) is 0 Å². The summed E-state index contributed by atoms with van der Waals surface area (Å²) in [7, 11) is 0. The Morgan fingerprint density at radius 2 is 1.68 bits per heavy atom. The maximum atomic E-state index is 12.4. The molecule has 1 amide bonds. The van der Waals surface area contributed by atoms with E-state index in [4.69, 9.17) is 0 Å². The number of hydrogen-bond donors (Lipinski definition) is 2. The predicted molar refractivity (Wildman–Crippen MR) is 114 cm³/mol. The average molecular weight is 375 g/mol. The van der Waals surface area contributed by atoms with Gasteiger partial charge < -0.3 is 15.5 Å². The lowest BCUT2D eigenvalue weighted by atomic mass is 10.2. The van der Waals surface area contributed by atoms with Crippen LogP contribution < -0.4 is 15.5 Å². The summed E-state index contributed by atoms with van der Waals surface area (Å²) in [4.78, 5) is 23.2. The largest absolute Gasteiger partial charge is 0.372 e. The molecule has 0 saturated carbocycles. The van der Waals surface area contributed by atoms with Crippen molar-refractivity contribution in [2.75, 3.05) is 28.6 Å². The molecule has 6 nitrogen and oxygen atoms in total. The van der Waals surface area contributed by atoms with Gasteiger partial charge in [-0.25, -0.2) is 9.97 Å². The third kappa shape index (κ3) is 4.65. The molecule has 0 unspecified atom stereocenters. The lowest BCUT2D eigenvalue weighted by molar-refractivity contribution is 0.102. The molecule has 3 aromatic rings. The van der Waals surface area contributed by atoms with E-state index in [0.717, 1.165) is 30.0 Å². The number of hydrogen-bond acceptors (Lipinski definition) is 5. The van der Waals surface area contributed by atoms with E-state index in [9.17, 15) is 4.79 Å². The third-order valence-electron chi connectivity index (χ3n) is 4.55. The lowest BCUT2D eigenvalue weighted by Crippen LogP contribution is -2.21. The second-order valence-electron chi connectivity index (χ2n) is 6.40. The molecule has 6 heteroatoms. The fourth-order valence-corrected chi connectivity index (χ4v) is 2.90. The molecule has 0 radical (unpaired) electrons. The summed E-state index contributed by atoms with van der Waals surface area (Å²) in [6.45, 7) is 8.17. The third-order valence-corrected chi connectivity index (χ3v) is 4.55. The van der Waals surface area contributed by atoms with Gasteiger partial charge >= 0.3 is 0 Å². The number of carbonyl (C=O) groups excluding carboxylic acids is 1. The molecule has 1 aromatic heterocycles. The highest BCUT2D eigenvalue weighted by Gasteiger charge is 2.10. The van der Waals surface area contributed by atoms with Gasteiger partial charge in [0.1, 0.15) is 11.5 Å². The molecule has 2 aromatic carbocycles. The van der Waals surface area contributed by atoms with Crippen LogP contribution in [0.25, 0.3) is 0 Å². The number of para-hydroxylation sites is 1. The van der Waals surface area contributed by atoms with Gasteiger partial charge in [0.15, 0.2) is 0 Å². The second-order valence-corrected chi connectivity index (χ2v) is 6.40. The van der Waals surface area contributed by atoms with Crippen molar-refractivity contribution in [3.63, 3.8) is 0 Å². The first-order valence-electron chi connectivity index (χ1n) is 9.41. The van der Waals surface area contributed by atoms with Crippen LogP contribution in [0.2, 0.25) is 0 Å². The van der Waals surface area contributed by atoms with Crippen molar-refractivity contribution in [2.24, 2.45) is 0 Å². The zero-order valence-electron chi connectivity index (χ0n) is 16.4. The van der Waals surface area contributed by atoms with Crippen LogP contribution in [-0.4, -0.2) is 29.0 Å². The SMILES string of the molecule is CCN(CC)c1ccc(Nc2cnc(C(=O)Nc3ccccc3C)cn2)cc1. The highest BCUT2D eigenvalue weighted by molar-refractivity contribution is 6.03. The zero-order valence-corrected chi connectivity index (χ0v) is 16.4. The Balaban J connectivity index is 1.64. The Bertz CT molecular complexity index is 918. The van der Waals surface area contributed by atoms with Gasteiger partial charge in [-0.1, -0.05) is 18.2 Å². The van der Waals surface area contributed by atoms with E-state index in [1.165, 1.54) is 11.9 Å². The van der Waals surface area contributed by atoms with E-state index in [0.29, 0.717) is 5.82 Å². The number of amides is 1. The van der Waals surface area contributed by atoms with Crippen molar-refractivity contribution in [2.45, 2.75) is 20.8 Å². The van der Waals surface area contributed by atoms with Gasteiger partial charge in [0.25, 0.3) is 5.91 Å². The van der Waals surface area contributed by atoms with Crippen molar-refractivity contribution in [1.29, 1.82) is 0 Å². The van der Waals surface area contributed by atoms with Gasteiger partial charge in [0, 0.05) is 30.2 Å². The van der Waals surface area contributed by atoms with Crippen molar-refractivity contribution in [3.05, 3.63) is 72.2 Å². The van der Waals surface area contributed by atoms with E-state index in [1.54, 1.807) is 6.20 Å². The van der Waals surface area contributed by atoms with Crippen LogP contribution in [0.4, 0.5) is 22.9 Å². The fourth-order valence-electron chi connectivity index (χ4n) is 2.90. The summed E-state index contributed by atoms with van der Waals surface area (Å²) in [6, 6.07) is 15.8. The molecule has 0 atom stereocenters. The molecule has 0 aliphatic carbocycles. The summed E-state index contributed by atoms with van der Waals surface area (Å²) in [5.41, 5.74) is 4.14. The molecule has 28 heavy (non-hydrogen) atoms. The molecule has 2 N–H and O–H groups in total. The van der Waals surface area contributed by atoms with Gasteiger partial charge in [-0.05, 0) is 56.7 Å². The van der Waals surface area contributed by atoms with Gasteiger partial charge in [-0.3, -0.25) is 4.79 Å². The molecule has 144 valence electrons. The molecule has 3 rings (SSSR count). The second kappa shape index (κ2) is 8.99. The standard InChI is InChI=1S/C22H25N5O/c1-4-27(5-2)18-12-10-17(11-13-18)25-21-15-23-20(14-24-21)22(28)26-19-9-7-6-8-16(19)3/h6-15H,4-5H2,1-3H3,(H,24,25)(H,26,28). The van der Waals surface area contributed by atoms with E-state index in [-0.39, 0.29) is 11.6 Å². The fraction of sp³-hybridized carbons (Fsp3) is 0.227. The molecule has 0 aliphatic heterocycles. The smallest absolute Gasteiger partial charge is 0.275 e. The van der Waals surface area contributed by atoms with Gasteiger partial charge in [-0.15, -0.1) is 0 Å². The molecule has 1 heterocycles. The first kappa shape index (κ1) is 19.4. The first-order chi connectivity index (χ1) is 13.6. The normalized spacial score (nSPS) is 10.4. The summed E-state index contributed by atoms with van der Waals surface area (Å²) in [5.74, 6) is 0.306. The minimum absolute atomic E-state index is 0.269. The number of nitrogens with zero attached hydrogens (tertiary/aromatic N) is 3. The highest BCUT2D eigenvalue weighted by Crippen LogP contribution is 2.20. The van der Waals surface area contributed by atoms with Crippen molar-refractivity contribution >= 4 is 28.8 Å². The number of nitrogens with one attached hydrogen (secondary N) is 2. The number of anilines is 4. The van der Waals surface area contributed by atoms with E-state index in [1.807, 2.05) is 43.3 Å². The quantitative estimate of drug-likeness (QED) is 0.630. The molecule has 0 aliphatic rings. The summed E-state index contributed by atoms with van der Waals surface area (Å²) in [6.07, 6.45) is 3.03. The first-order valence-corrected chi connectivity index (χ1v) is 9.41. The summed E-state index contributed by atoms with van der Waals surface area (Å²) < 4.78 is 0. The van der Waals surface area contributed by atoms with Crippen LogP contribution in [0.1, 0.15) is 29.9 Å². The summed E-state index contributed by atoms with van der Waals surface area (Å²) in [5, 5.41) is 6.06. The molecule has 0 fully saturated rings. The Morgan fingerprint density at radius 1 is 0.964 bits per heavy atom. The number of carbonyl (C=O) groups is 1. The topological polar surface area (TPSA) is 70.2 Å². The average Bonchev–Trinajstić information content (AvgIpc) is 2.72. The minimum atomic E-state index is -0.281. The van der Waals surface area contributed by atoms with Gasteiger partial charge in [0.05, 0.1) is 12.4 Å². The number of aryl methyl sites for hydroxylation is 1. The van der Waals surface area contributed by atoms with Crippen molar-refractivity contribution < 1.29 is 4.79 Å². The number of rotatable bonds is 7. The van der Waals surface area contributed by atoms with Gasteiger partial charge in [0.2, 0.25) is 0 Å². The van der Waals surface area contributed by atoms with E-state index in [2.05, 4.69) is 51.5 Å². The van der Waals surface area contributed by atoms with Gasteiger partial charge in [-0.2, -0.15) is 0 Å². The molecule has 0 spiro atoms. The van der Waals surface area contributed by atoms with Crippen LogP contribution in [0, 0.1) is 6.92 Å². The number of benzene rings is 2. The summed E-state index contributed by atoms with van der Waals surface area (Å²) >= 11 is 0. The molecule has 0 bridgehead atoms. The van der Waals surface area contributed by atoms with E-state index < -0.39 is 0 Å². The Kier molecular flexibility index (Phi) is 6.22. The molecular formula is C22H25N5O. The Hall–Kier alpha value is -3.41. The van der Waals surface area contributed by atoms with Crippen molar-refractivity contribution in [1.82, 2.24) is 9.97 Å².